The van der Waals surface area contributed by atoms with Crippen molar-refractivity contribution >= 4 is 11.6 Å². The van der Waals surface area contributed by atoms with Crippen LogP contribution in [0.25, 0.3) is 0 Å². The fourth-order valence-electron chi connectivity index (χ4n) is 1.37. The van der Waals surface area contributed by atoms with E-state index in [-0.39, 0.29) is 12.0 Å². The zero-order chi connectivity index (χ0) is 12.1. The number of aromatic nitrogens is 1. The van der Waals surface area contributed by atoms with Crippen molar-refractivity contribution in [3.8, 4) is 0 Å². The van der Waals surface area contributed by atoms with Gasteiger partial charge in [-0.1, -0.05) is 0 Å². The van der Waals surface area contributed by atoms with Crippen molar-refractivity contribution < 1.29 is 9.53 Å². The minimum Gasteiger partial charge on any atom is -0.397 e. The Hall–Kier alpha value is -1.49. The minimum atomic E-state index is -0.133. The summed E-state index contributed by atoms with van der Waals surface area (Å²) in [5.74, 6) is -0.133. The van der Waals surface area contributed by atoms with Crippen LogP contribution in [0, 0.1) is 0 Å². The van der Waals surface area contributed by atoms with E-state index in [1.165, 1.54) is 0 Å². The van der Waals surface area contributed by atoms with Gasteiger partial charge in [-0.3, -0.25) is 4.79 Å². The van der Waals surface area contributed by atoms with Crippen molar-refractivity contribution in [1.29, 1.82) is 0 Å². The topological polar surface area (TPSA) is 69.3 Å². The number of hydrogen-bond donors (Lipinski definition) is 2. The number of rotatable bonds is 5. The lowest BCUT2D eigenvalue weighted by atomic mass is 10.4. The van der Waals surface area contributed by atoms with Crippen LogP contribution in [0.15, 0.2) is 12.3 Å². The number of ether oxygens (including phenoxy) is 1. The summed E-state index contributed by atoms with van der Waals surface area (Å²) >= 11 is 0. The molecule has 1 heterocycles. The first-order valence-corrected chi connectivity index (χ1v) is 5.32. The number of nitrogen functional groups attached to an aromatic ring is 1. The van der Waals surface area contributed by atoms with Crippen molar-refractivity contribution in [1.82, 2.24) is 9.88 Å². The molecule has 16 heavy (non-hydrogen) atoms. The van der Waals surface area contributed by atoms with E-state index in [2.05, 4.69) is 5.32 Å². The second-order valence-corrected chi connectivity index (χ2v) is 3.95. The van der Waals surface area contributed by atoms with Crippen molar-refractivity contribution in [2.24, 2.45) is 7.05 Å². The zero-order valence-corrected chi connectivity index (χ0v) is 9.99. The van der Waals surface area contributed by atoms with E-state index in [1.54, 1.807) is 23.9 Å². The molecule has 1 amide bonds. The molecule has 0 atom stereocenters. The number of amides is 1. The van der Waals surface area contributed by atoms with Gasteiger partial charge in [0.05, 0.1) is 18.4 Å². The van der Waals surface area contributed by atoms with E-state index in [4.69, 9.17) is 10.5 Å². The summed E-state index contributed by atoms with van der Waals surface area (Å²) in [6.45, 7) is 4.94. The van der Waals surface area contributed by atoms with Gasteiger partial charge < -0.3 is 20.4 Å². The highest BCUT2D eigenvalue weighted by atomic mass is 16.5. The second kappa shape index (κ2) is 5.55. The molecule has 0 aliphatic carbocycles. The molecule has 5 heteroatoms. The van der Waals surface area contributed by atoms with E-state index < -0.39 is 0 Å². The maximum atomic E-state index is 11.7. The lowest BCUT2D eigenvalue weighted by Crippen LogP contribution is -2.29. The molecular weight excluding hydrogens is 206 g/mol. The molecule has 1 aromatic heterocycles. The molecule has 1 rings (SSSR count). The third kappa shape index (κ3) is 3.58. The molecule has 0 aromatic carbocycles. The van der Waals surface area contributed by atoms with Gasteiger partial charge in [-0.15, -0.1) is 0 Å². The summed E-state index contributed by atoms with van der Waals surface area (Å²) < 4.78 is 7.02. The molecule has 3 N–H and O–H groups in total. The van der Waals surface area contributed by atoms with Gasteiger partial charge in [-0.25, -0.2) is 0 Å². The van der Waals surface area contributed by atoms with Gasteiger partial charge in [0.2, 0.25) is 0 Å². The maximum absolute atomic E-state index is 11.7. The highest BCUT2D eigenvalue weighted by Crippen LogP contribution is 2.07. The second-order valence-electron chi connectivity index (χ2n) is 3.95. The van der Waals surface area contributed by atoms with Crippen molar-refractivity contribution in [3.05, 3.63) is 18.0 Å². The van der Waals surface area contributed by atoms with Gasteiger partial charge in [0, 0.05) is 19.8 Å². The Labute approximate surface area is 95.6 Å². The predicted molar refractivity (Wildman–Crippen MR) is 63.2 cm³/mol. The molecule has 0 saturated heterocycles. The molecule has 0 aliphatic rings. The van der Waals surface area contributed by atoms with Crippen LogP contribution in [0.1, 0.15) is 24.3 Å². The smallest absolute Gasteiger partial charge is 0.268 e. The third-order valence-electron chi connectivity index (χ3n) is 2.10. The predicted octanol–water partition coefficient (Wildman–Crippen LogP) is 0.762. The first kappa shape index (κ1) is 12.6. The molecular formula is C11H19N3O2. The number of nitrogens with one attached hydrogen (secondary N) is 1. The molecule has 0 spiro atoms. The largest absolute Gasteiger partial charge is 0.397 e. The Morgan fingerprint density at radius 2 is 2.31 bits per heavy atom. The molecule has 0 saturated carbocycles. The van der Waals surface area contributed by atoms with E-state index in [1.807, 2.05) is 13.8 Å². The van der Waals surface area contributed by atoms with E-state index in [0.29, 0.717) is 24.5 Å². The Morgan fingerprint density at radius 1 is 1.62 bits per heavy atom. The Bertz CT molecular complexity index is 358. The van der Waals surface area contributed by atoms with Crippen LogP contribution in [0.3, 0.4) is 0 Å². The maximum Gasteiger partial charge on any atom is 0.268 e. The quantitative estimate of drug-likeness (QED) is 0.727. The Balaban J connectivity index is 2.38. The SMILES string of the molecule is CC(C)OCCNC(=O)c1cc(N)cn1C. The summed E-state index contributed by atoms with van der Waals surface area (Å²) in [6, 6.07) is 1.65. The third-order valence-corrected chi connectivity index (χ3v) is 2.10. The number of hydrogen-bond acceptors (Lipinski definition) is 3. The van der Waals surface area contributed by atoms with Crippen LogP contribution in [-0.4, -0.2) is 29.7 Å². The van der Waals surface area contributed by atoms with Crippen LogP contribution < -0.4 is 11.1 Å². The van der Waals surface area contributed by atoms with Crippen molar-refractivity contribution in [2.45, 2.75) is 20.0 Å². The van der Waals surface area contributed by atoms with E-state index >= 15 is 0 Å². The van der Waals surface area contributed by atoms with Crippen LogP contribution in [-0.2, 0) is 11.8 Å². The Morgan fingerprint density at radius 3 is 2.81 bits per heavy atom. The fourth-order valence-corrected chi connectivity index (χ4v) is 1.37. The number of nitrogens with two attached hydrogens (primary N) is 1. The summed E-state index contributed by atoms with van der Waals surface area (Å²) in [7, 11) is 1.79. The van der Waals surface area contributed by atoms with Gasteiger partial charge in [0.25, 0.3) is 5.91 Å². The van der Waals surface area contributed by atoms with Crippen LogP contribution in [0.5, 0.6) is 0 Å². The molecule has 0 aliphatic heterocycles. The molecule has 90 valence electrons. The van der Waals surface area contributed by atoms with Gasteiger partial charge in [-0.2, -0.15) is 0 Å². The van der Waals surface area contributed by atoms with Gasteiger partial charge in [0.15, 0.2) is 0 Å². The number of carbonyl (C=O) groups is 1. The average molecular weight is 225 g/mol. The molecule has 0 fully saturated rings. The van der Waals surface area contributed by atoms with Crippen LogP contribution >= 0.6 is 0 Å². The standard InChI is InChI=1S/C11H19N3O2/c1-8(2)16-5-4-13-11(15)10-6-9(12)7-14(10)3/h6-8H,4-5,12H2,1-3H3,(H,13,15). The normalized spacial score (nSPS) is 10.8. The molecule has 5 nitrogen and oxygen atoms in total. The summed E-state index contributed by atoms with van der Waals surface area (Å²) in [5, 5.41) is 2.77. The summed E-state index contributed by atoms with van der Waals surface area (Å²) in [6.07, 6.45) is 1.89. The van der Waals surface area contributed by atoms with Gasteiger partial charge >= 0.3 is 0 Å². The number of nitrogens with zero attached hydrogens (tertiary/aromatic N) is 1. The van der Waals surface area contributed by atoms with E-state index in [0.717, 1.165) is 0 Å². The number of aryl methyl sites for hydroxylation is 1. The first-order valence-electron chi connectivity index (χ1n) is 5.32. The zero-order valence-electron chi connectivity index (χ0n) is 9.99. The molecule has 0 radical (unpaired) electrons. The fraction of sp³-hybridized carbons (Fsp3) is 0.545. The highest BCUT2D eigenvalue weighted by Gasteiger charge is 2.09. The monoisotopic (exact) mass is 225 g/mol. The lowest BCUT2D eigenvalue weighted by molar-refractivity contribution is 0.0743. The summed E-state index contributed by atoms with van der Waals surface area (Å²) in [4.78, 5) is 11.7. The molecule has 1 aromatic rings. The van der Waals surface area contributed by atoms with Crippen molar-refractivity contribution in [2.75, 3.05) is 18.9 Å². The van der Waals surface area contributed by atoms with Gasteiger partial charge in [0.1, 0.15) is 5.69 Å². The highest BCUT2D eigenvalue weighted by molar-refractivity contribution is 5.93. The molecule has 0 unspecified atom stereocenters. The molecule has 0 bridgehead atoms. The van der Waals surface area contributed by atoms with E-state index in [9.17, 15) is 4.79 Å². The number of anilines is 1. The van der Waals surface area contributed by atoms with Crippen molar-refractivity contribution in [3.63, 3.8) is 0 Å². The lowest BCUT2D eigenvalue weighted by Gasteiger charge is -2.08. The Kier molecular flexibility index (Phi) is 4.37. The number of carbonyl (C=O) groups excluding carboxylic acids is 1. The van der Waals surface area contributed by atoms with Crippen LogP contribution in [0.4, 0.5) is 5.69 Å². The van der Waals surface area contributed by atoms with Crippen LogP contribution in [0.2, 0.25) is 0 Å². The van der Waals surface area contributed by atoms with Gasteiger partial charge in [-0.05, 0) is 19.9 Å². The average Bonchev–Trinajstić information content (AvgIpc) is 2.52. The summed E-state index contributed by atoms with van der Waals surface area (Å²) in [5.41, 5.74) is 6.73. The minimum absolute atomic E-state index is 0.133. The first-order chi connectivity index (χ1) is 7.50.